The monoisotopic (exact) mass is 617 g/mol. The quantitative estimate of drug-likeness (QED) is 0.225. The summed E-state index contributed by atoms with van der Waals surface area (Å²) >= 11 is 0. The molecule has 10 heteroatoms. The molecule has 0 fully saturated rings. The number of hydrogen-bond acceptors (Lipinski definition) is 5. The highest BCUT2D eigenvalue weighted by molar-refractivity contribution is 7.92. The zero-order chi connectivity index (χ0) is 31.7. The van der Waals surface area contributed by atoms with Crippen LogP contribution in [0.1, 0.15) is 23.6 Å². The van der Waals surface area contributed by atoms with E-state index in [0.29, 0.717) is 12.3 Å². The average molecular weight is 618 g/mol. The van der Waals surface area contributed by atoms with E-state index in [1.165, 1.54) is 42.3 Å². The summed E-state index contributed by atoms with van der Waals surface area (Å²) in [4.78, 5) is 29.1. The van der Waals surface area contributed by atoms with Crippen molar-refractivity contribution in [2.45, 2.75) is 37.8 Å². The molecule has 0 saturated carbocycles. The molecular formula is C34H36FN3O5S. The minimum atomic E-state index is -4.24. The number of nitrogens with zero attached hydrogens (tertiary/aromatic N) is 2. The van der Waals surface area contributed by atoms with Crippen LogP contribution in [0, 0.1) is 12.7 Å². The maximum absolute atomic E-state index is 14.9. The number of aryl methyl sites for hydroxylation is 1. The Morgan fingerprint density at radius 1 is 0.886 bits per heavy atom. The fourth-order valence-corrected chi connectivity index (χ4v) is 6.18. The minimum absolute atomic E-state index is 0.00284. The van der Waals surface area contributed by atoms with Crippen LogP contribution >= 0.6 is 0 Å². The van der Waals surface area contributed by atoms with E-state index in [1.807, 2.05) is 37.3 Å². The van der Waals surface area contributed by atoms with Crippen molar-refractivity contribution in [1.29, 1.82) is 0 Å². The minimum Gasteiger partial charge on any atom is -0.497 e. The van der Waals surface area contributed by atoms with Gasteiger partial charge in [-0.2, -0.15) is 0 Å². The molecule has 0 heterocycles. The second kappa shape index (κ2) is 14.7. The maximum atomic E-state index is 14.9. The van der Waals surface area contributed by atoms with Crippen molar-refractivity contribution < 1.29 is 27.1 Å². The van der Waals surface area contributed by atoms with E-state index in [1.54, 1.807) is 49.4 Å². The number of rotatable bonds is 13. The largest absolute Gasteiger partial charge is 0.497 e. The van der Waals surface area contributed by atoms with E-state index in [-0.39, 0.29) is 29.1 Å². The van der Waals surface area contributed by atoms with Gasteiger partial charge in [-0.05, 0) is 61.9 Å². The second-order valence-electron chi connectivity index (χ2n) is 10.2. The van der Waals surface area contributed by atoms with E-state index < -0.39 is 40.2 Å². The molecule has 0 aliphatic heterocycles. The lowest BCUT2D eigenvalue weighted by molar-refractivity contribution is -0.140. The molecule has 0 aliphatic rings. The number of likely N-dealkylation sites (N-methyl/N-ethyl adjacent to an activating group) is 1. The van der Waals surface area contributed by atoms with Gasteiger partial charge in [0.2, 0.25) is 11.8 Å². The molecule has 4 rings (SSSR count). The van der Waals surface area contributed by atoms with Gasteiger partial charge in [-0.1, -0.05) is 66.2 Å². The summed E-state index contributed by atoms with van der Waals surface area (Å²) in [6.07, 6.45) is 0.139. The number of amides is 2. The molecule has 0 bridgehead atoms. The molecular weight excluding hydrogens is 581 g/mol. The van der Waals surface area contributed by atoms with Gasteiger partial charge in [0.25, 0.3) is 10.0 Å². The molecule has 1 atom stereocenters. The molecule has 4 aromatic carbocycles. The average Bonchev–Trinajstić information content (AvgIpc) is 3.03. The van der Waals surface area contributed by atoms with Crippen molar-refractivity contribution in [3.05, 3.63) is 126 Å². The van der Waals surface area contributed by atoms with E-state index in [0.717, 1.165) is 15.4 Å². The Bertz CT molecular complexity index is 1660. The van der Waals surface area contributed by atoms with E-state index in [9.17, 15) is 22.4 Å². The molecule has 0 unspecified atom stereocenters. The first-order chi connectivity index (χ1) is 21.1. The maximum Gasteiger partial charge on any atom is 0.264 e. The van der Waals surface area contributed by atoms with Crippen molar-refractivity contribution in [3.63, 3.8) is 0 Å². The van der Waals surface area contributed by atoms with Gasteiger partial charge in [-0.3, -0.25) is 13.9 Å². The van der Waals surface area contributed by atoms with E-state index in [2.05, 4.69) is 5.32 Å². The first kappa shape index (κ1) is 32.2. The molecule has 0 aliphatic carbocycles. The lowest BCUT2D eigenvalue weighted by atomic mass is 10.0. The molecule has 1 N–H and O–H groups in total. The predicted molar refractivity (Wildman–Crippen MR) is 168 cm³/mol. The molecule has 0 aromatic heterocycles. The molecule has 230 valence electrons. The summed E-state index contributed by atoms with van der Waals surface area (Å²) < 4.78 is 49.3. The van der Waals surface area contributed by atoms with Crippen LogP contribution in [0.3, 0.4) is 0 Å². The highest BCUT2D eigenvalue weighted by Crippen LogP contribution is 2.27. The number of sulfonamides is 1. The SMILES string of the molecule is CCNC(=O)[C@H](Cc1ccccc1)N(Cc1ccccc1F)C(=O)CN(c1ccc(OC)cc1)S(=O)(=O)c1ccc(C)cc1. The Balaban J connectivity index is 1.80. The Morgan fingerprint density at radius 3 is 2.14 bits per heavy atom. The number of benzene rings is 4. The summed E-state index contributed by atoms with van der Waals surface area (Å²) in [7, 11) is -2.75. The van der Waals surface area contributed by atoms with Crippen molar-refractivity contribution in [2.24, 2.45) is 0 Å². The normalized spacial score (nSPS) is 11.8. The summed E-state index contributed by atoms with van der Waals surface area (Å²) in [5.74, 6) is -1.14. The van der Waals surface area contributed by atoms with Crippen LogP contribution in [0.5, 0.6) is 5.75 Å². The molecule has 0 spiro atoms. The van der Waals surface area contributed by atoms with Crippen LogP contribution in [0.15, 0.2) is 108 Å². The fourth-order valence-electron chi connectivity index (χ4n) is 4.77. The third kappa shape index (κ3) is 7.82. The zero-order valence-corrected chi connectivity index (χ0v) is 25.8. The standard InChI is InChI=1S/C34H36FN3O5S/c1-4-36-34(40)32(22-26-10-6-5-7-11-26)37(23-27-12-8-9-13-31(27)35)33(39)24-38(28-16-18-29(43-3)19-17-28)44(41,42)30-20-14-25(2)15-21-30/h5-21,32H,4,22-24H2,1-3H3,(H,36,40)/t32-/m0/s1. The van der Waals surface area contributed by atoms with Gasteiger partial charge in [0.15, 0.2) is 0 Å². The van der Waals surface area contributed by atoms with Crippen LogP contribution in [0.2, 0.25) is 0 Å². The van der Waals surface area contributed by atoms with Crippen LogP contribution < -0.4 is 14.4 Å². The van der Waals surface area contributed by atoms with Crippen LogP contribution in [-0.2, 0) is 32.6 Å². The first-order valence-corrected chi connectivity index (χ1v) is 15.7. The number of ether oxygens (including phenoxy) is 1. The van der Waals surface area contributed by atoms with E-state index in [4.69, 9.17) is 4.74 Å². The van der Waals surface area contributed by atoms with Crippen LogP contribution in [0.25, 0.3) is 0 Å². The van der Waals surface area contributed by atoms with E-state index >= 15 is 0 Å². The number of methoxy groups -OCH3 is 1. The van der Waals surface area contributed by atoms with Crippen LogP contribution in [-0.4, -0.2) is 51.4 Å². The number of halogens is 1. The molecule has 0 saturated heterocycles. The lowest BCUT2D eigenvalue weighted by Gasteiger charge is -2.34. The highest BCUT2D eigenvalue weighted by Gasteiger charge is 2.34. The second-order valence-corrected chi connectivity index (χ2v) is 12.1. The van der Waals surface area contributed by atoms with Crippen molar-refractivity contribution >= 4 is 27.5 Å². The predicted octanol–water partition coefficient (Wildman–Crippen LogP) is 5.11. The number of carbonyl (C=O) groups is 2. The van der Waals surface area contributed by atoms with Crippen molar-refractivity contribution in [2.75, 3.05) is 24.5 Å². The van der Waals surface area contributed by atoms with Gasteiger partial charge in [0.1, 0.15) is 24.2 Å². The third-order valence-corrected chi connectivity index (χ3v) is 8.96. The van der Waals surface area contributed by atoms with Gasteiger partial charge in [0, 0.05) is 25.1 Å². The Hall–Kier alpha value is -4.70. The molecule has 4 aromatic rings. The van der Waals surface area contributed by atoms with Gasteiger partial charge >= 0.3 is 0 Å². The number of hydrogen-bond donors (Lipinski definition) is 1. The topological polar surface area (TPSA) is 96.0 Å². The fraction of sp³-hybridized carbons (Fsp3) is 0.235. The van der Waals surface area contributed by atoms with Gasteiger partial charge in [0.05, 0.1) is 17.7 Å². The summed E-state index contributed by atoms with van der Waals surface area (Å²) in [6, 6.07) is 26.7. The summed E-state index contributed by atoms with van der Waals surface area (Å²) in [5.41, 5.74) is 2.08. The molecule has 8 nitrogen and oxygen atoms in total. The molecule has 2 amide bonds. The summed E-state index contributed by atoms with van der Waals surface area (Å²) in [5, 5.41) is 2.79. The van der Waals surface area contributed by atoms with Gasteiger partial charge in [-0.25, -0.2) is 12.8 Å². The lowest BCUT2D eigenvalue weighted by Crippen LogP contribution is -2.53. The first-order valence-electron chi connectivity index (χ1n) is 14.2. The summed E-state index contributed by atoms with van der Waals surface area (Å²) in [6.45, 7) is 3.03. The highest BCUT2D eigenvalue weighted by atomic mass is 32.2. The van der Waals surface area contributed by atoms with Crippen molar-refractivity contribution in [3.8, 4) is 5.75 Å². The van der Waals surface area contributed by atoms with Crippen molar-refractivity contribution in [1.82, 2.24) is 10.2 Å². The van der Waals surface area contributed by atoms with Gasteiger partial charge in [-0.15, -0.1) is 0 Å². The zero-order valence-electron chi connectivity index (χ0n) is 24.9. The number of anilines is 1. The third-order valence-electron chi connectivity index (χ3n) is 7.17. The number of carbonyl (C=O) groups excluding carboxylic acids is 2. The Morgan fingerprint density at radius 2 is 1.52 bits per heavy atom. The van der Waals surface area contributed by atoms with Gasteiger partial charge < -0.3 is 15.0 Å². The Kier molecular flexibility index (Phi) is 10.7. The van der Waals surface area contributed by atoms with Crippen LogP contribution in [0.4, 0.5) is 10.1 Å². The smallest absolute Gasteiger partial charge is 0.264 e. The molecule has 44 heavy (non-hydrogen) atoms. The number of nitrogens with one attached hydrogen (secondary N) is 1. The molecule has 0 radical (unpaired) electrons. The Labute approximate surface area is 258 Å².